The monoisotopic (exact) mass is 750 g/mol. The van der Waals surface area contributed by atoms with Crippen molar-refractivity contribution in [3.05, 3.63) is 93.7 Å². The average Bonchev–Trinajstić information content (AvgIpc) is 3.60. The Balaban J connectivity index is 0.000000186. The molecule has 4 aromatic heterocycles. The zero-order valence-corrected chi connectivity index (χ0v) is 30.4. The van der Waals surface area contributed by atoms with Crippen molar-refractivity contribution in [2.45, 2.75) is 65.0 Å². The molecule has 0 bridgehead atoms. The second kappa shape index (κ2) is 13.2. The van der Waals surface area contributed by atoms with Gasteiger partial charge >= 0.3 is 0 Å². The van der Waals surface area contributed by atoms with Gasteiger partial charge < -0.3 is 9.53 Å². The maximum absolute atomic E-state index is 9.58. The molecule has 2 unspecified atom stereocenters. The highest BCUT2D eigenvalue weighted by atomic mass is 79.9. The van der Waals surface area contributed by atoms with Crippen LogP contribution in [-0.2, 0) is 4.43 Å². The third-order valence-corrected chi connectivity index (χ3v) is 13.4. The molecule has 0 amide bonds. The zero-order valence-electron chi connectivity index (χ0n) is 26.3. The van der Waals surface area contributed by atoms with Gasteiger partial charge in [0, 0.05) is 32.1 Å². The summed E-state index contributed by atoms with van der Waals surface area (Å²) in [5.74, 6) is 1.01. The highest BCUT2D eigenvalue weighted by molar-refractivity contribution is 9.10. The number of halogens is 2. The van der Waals surface area contributed by atoms with E-state index in [4.69, 9.17) is 9.41 Å². The van der Waals surface area contributed by atoms with E-state index in [0.29, 0.717) is 17.6 Å². The van der Waals surface area contributed by atoms with Gasteiger partial charge in [0.1, 0.15) is 0 Å². The van der Waals surface area contributed by atoms with E-state index in [0.717, 1.165) is 36.4 Å². The number of benzene rings is 2. The van der Waals surface area contributed by atoms with Crippen LogP contribution in [0.25, 0.3) is 33.7 Å². The minimum Gasteiger partial charge on any atom is -0.409 e. The van der Waals surface area contributed by atoms with Crippen molar-refractivity contribution >= 4 is 62.0 Å². The molecule has 6 aromatic rings. The molecule has 1 N–H and O–H groups in total. The first kappa shape index (κ1) is 33.0. The van der Waals surface area contributed by atoms with Crippen LogP contribution in [0.5, 0.6) is 0 Å². The lowest BCUT2D eigenvalue weighted by molar-refractivity contribution is 0.194. The van der Waals surface area contributed by atoms with Crippen LogP contribution in [0.1, 0.15) is 58.2 Å². The van der Waals surface area contributed by atoms with E-state index in [1.807, 2.05) is 48.7 Å². The Bertz CT molecular complexity index is 1950. The van der Waals surface area contributed by atoms with Gasteiger partial charge in [-0.3, -0.25) is 0 Å². The average molecular weight is 753 g/mol. The standard InChI is InChI=1S/C19H25BrN4OSi.C13H11BrN4O/c1-13(25-26(5,6)19(2,3)4)16-9-10-21-18(23-16)24-17-11-15(20)8-7-14(17)12-22-24;1-8(19)11-4-5-15-13(17-11)18-12-6-10(14)3-2-9(12)7-16-18/h7-13H,1-6H3;2-8,19H,1H3. The second-order valence-corrected chi connectivity index (χ2v) is 18.9. The molecule has 234 valence electrons. The van der Waals surface area contributed by atoms with Gasteiger partial charge in [-0.1, -0.05) is 64.8 Å². The summed E-state index contributed by atoms with van der Waals surface area (Å²) in [5, 5.41) is 20.5. The Morgan fingerprint density at radius 1 is 0.756 bits per heavy atom. The van der Waals surface area contributed by atoms with Crippen molar-refractivity contribution in [3.8, 4) is 11.9 Å². The van der Waals surface area contributed by atoms with E-state index < -0.39 is 14.4 Å². The molecular formula is C32H36Br2N8O2Si. The van der Waals surface area contributed by atoms with Gasteiger partial charge in [0.15, 0.2) is 8.32 Å². The Kier molecular flexibility index (Phi) is 9.66. The van der Waals surface area contributed by atoms with Crippen LogP contribution < -0.4 is 0 Å². The molecule has 0 saturated carbocycles. The first-order valence-electron chi connectivity index (χ1n) is 14.5. The van der Waals surface area contributed by atoms with Crippen LogP contribution in [0.15, 0.2) is 82.3 Å². The maximum Gasteiger partial charge on any atom is 0.251 e. The van der Waals surface area contributed by atoms with E-state index >= 15 is 0 Å². The summed E-state index contributed by atoms with van der Waals surface area (Å²) in [6, 6.07) is 15.5. The smallest absolute Gasteiger partial charge is 0.251 e. The summed E-state index contributed by atoms with van der Waals surface area (Å²) in [7, 11) is -1.87. The molecule has 13 heteroatoms. The van der Waals surface area contributed by atoms with Crippen LogP contribution in [0.3, 0.4) is 0 Å². The fourth-order valence-electron chi connectivity index (χ4n) is 4.37. The third-order valence-electron chi connectivity index (χ3n) is 7.90. The maximum atomic E-state index is 9.58. The minimum absolute atomic E-state index is 0.0915. The molecule has 0 spiro atoms. The molecule has 45 heavy (non-hydrogen) atoms. The lowest BCUT2D eigenvalue weighted by Gasteiger charge is -2.38. The van der Waals surface area contributed by atoms with E-state index in [1.54, 1.807) is 40.9 Å². The molecule has 0 radical (unpaired) electrons. The van der Waals surface area contributed by atoms with E-state index in [2.05, 4.69) is 97.8 Å². The summed E-state index contributed by atoms with van der Waals surface area (Å²) >= 11 is 6.96. The number of rotatable bonds is 6. The lowest BCUT2D eigenvalue weighted by atomic mass is 10.2. The predicted octanol–water partition coefficient (Wildman–Crippen LogP) is 8.29. The van der Waals surface area contributed by atoms with Crippen molar-refractivity contribution in [1.29, 1.82) is 0 Å². The van der Waals surface area contributed by atoms with E-state index in [9.17, 15) is 5.11 Å². The number of aliphatic hydroxyl groups is 1. The Morgan fingerprint density at radius 2 is 1.22 bits per heavy atom. The van der Waals surface area contributed by atoms with Crippen molar-refractivity contribution in [2.24, 2.45) is 0 Å². The number of hydrogen-bond donors (Lipinski definition) is 1. The third kappa shape index (κ3) is 7.38. The SMILES string of the molecule is CC(O)c1ccnc(-n2ncc3ccc(Br)cc32)n1.CC(O[Si](C)(C)C(C)(C)C)c1ccnc(-n2ncc3ccc(Br)cc32)n1. The van der Waals surface area contributed by atoms with Gasteiger partial charge in [-0.05, 0) is 68.4 Å². The van der Waals surface area contributed by atoms with Gasteiger partial charge in [-0.25, -0.2) is 19.9 Å². The van der Waals surface area contributed by atoms with Gasteiger partial charge in [0.05, 0.1) is 47.0 Å². The largest absolute Gasteiger partial charge is 0.409 e. The van der Waals surface area contributed by atoms with E-state index in [1.165, 1.54) is 0 Å². The van der Waals surface area contributed by atoms with Crippen LogP contribution in [0.2, 0.25) is 18.1 Å². The number of hydrogen-bond acceptors (Lipinski definition) is 8. The fraction of sp³-hybridized carbons (Fsp3) is 0.312. The van der Waals surface area contributed by atoms with Gasteiger partial charge in [-0.2, -0.15) is 19.6 Å². The van der Waals surface area contributed by atoms with Gasteiger partial charge in [-0.15, -0.1) is 0 Å². The summed E-state index contributed by atoms with van der Waals surface area (Å²) in [6.07, 6.45) is 6.26. The first-order valence-corrected chi connectivity index (χ1v) is 19.0. The zero-order chi connectivity index (χ0) is 32.5. The van der Waals surface area contributed by atoms with Crippen molar-refractivity contribution in [3.63, 3.8) is 0 Å². The van der Waals surface area contributed by atoms with Crippen LogP contribution in [-0.4, -0.2) is 52.9 Å². The molecule has 0 saturated heterocycles. The van der Waals surface area contributed by atoms with Crippen LogP contribution >= 0.6 is 31.9 Å². The van der Waals surface area contributed by atoms with Crippen LogP contribution in [0, 0.1) is 0 Å². The molecule has 0 aliphatic rings. The molecule has 0 aliphatic heterocycles. The van der Waals surface area contributed by atoms with Gasteiger partial charge in [0.25, 0.3) is 11.9 Å². The topological polar surface area (TPSA) is 117 Å². The normalized spacial score (nSPS) is 13.5. The number of aliphatic hydroxyl groups excluding tert-OH is 1. The second-order valence-electron chi connectivity index (χ2n) is 12.3. The molecule has 4 heterocycles. The molecule has 0 aliphatic carbocycles. The Labute approximate surface area is 280 Å². The molecule has 2 aromatic carbocycles. The molecule has 2 atom stereocenters. The lowest BCUT2D eigenvalue weighted by Crippen LogP contribution is -2.41. The summed E-state index contributed by atoms with van der Waals surface area (Å²) in [6.45, 7) is 15.0. The molecule has 6 rings (SSSR count). The number of fused-ring (bicyclic) bond motifs is 2. The summed E-state index contributed by atoms with van der Waals surface area (Å²) in [4.78, 5) is 17.7. The van der Waals surface area contributed by atoms with E-state index in [-0.39, 0.29) is 11.1 Å². The summed E-state index contributed by atoms with van der Waals surface area (Å²) < 4.78 is 11.9. The first-order chi connectivity index (χ1) is 21.2. The Hall–Kier alpha value is -3.36. The Morgan fingerprint density at radius 3 is 1.69 bits per heavy atom. The van der Waals surface area contributed by atoms with Crippen molar-refractivity contribution in [1.82, 2.24) is 39.5 Å². The van der Waals surface area contributed by atoms with Crippen molar-refractivity contribution in [2.75, 3.05) is 0 Å². The predicted molar refractivity (Wildman–Crippen MR) is 186 cm³/mol. The minimum atomic E-state index is -1.87. The molecule has 0 fully saturated rings. The summed E-state index contributed by atoms with van der Waals surface area (Å²) in [5.41, 5.74) is 3.33. The number of nitrogens with zero attached hydrogens (tertiary/aromatic N) is 8. The fourth-order valence-corrected chi connectivity index (χ4v) is 6.42. The van der Waals surface area contributed by atoms with Crippen LogP contribution in [0.4, 0.5) is 0 Å². The van der Waals surface area contributed by atoms with Crippen molar-refractivity contribution < 1.29 is 9.53 Å². The quantitative estimate of drug-likeness (QED) is 0.169. The highest BCUT2D eigenvalue weighted by Crippen LogP contribution is 2.39. The molecule has 10 nitrogen and oxygen atoms in total. The van der Waals surface area contributed by atoms with Gasteiger partial charge in [0.2, 0.25) is 0 Å². The molecular weight excluding hydrogens is 716 g/mol. The number of aromatic nitrogens is 8. The highest BCUT2D eigenvalue weighted by Gasteiger charge is 2.38.